The largest absolute Gasteiger partial charge is 0.497 e. The number of anilines is 1. The van der Waals surface area contributed by atoms with Crippen molar-refractivity contribution in [3.8, 4) is 16.3 Å². The number of ether oxygens (including phenoxy) is 2. The predicted molar refractivity (Wildman–Crippen MR) is 116 cm³/mol. The molecule has 1 aliphatic heterocycles. The maximum atomic E-state index is 12.8. The summed E-state index contributed by atoms with van der Waals surface area (Å²) in [6, 6.07) is 15.4. The highest BCUT2D eigenvalue weighted by molar-refractivity contribution is 7.13. The van der Waals surface area contributed by atoms with Gasteiger partial charge in [0.05, 0.1) is 7.11 Å². The molecule has 0 aliphatic carbocycles. The third-order valence-corrected chi connectivity index (χ3v) is 6.06. The summed E-state index contributed by atoms with van der Waals surface area (Å²) in [7, 11) is 1.61. The second-order valence-electron chi connectivity index (χ2n) is 7.12. The number of amides is 1. The van der Waals surface area contributed by atoms with Gasteiger partial charge in [0.1, 0.15) is 10.8 Å². The Morgan fingerprint density at radius 2 is 1.93 bits per heavy atom. The molecule has 1 aliphatic rings. The molecule has 1 amide bonds. The van der Waals surface area contributed by atoms with Crippen molar-refractivity contribution in [2.75, 3.05) is 18.6 Å². The first kappa shape index (κ1) is 20.1. The first-order valence-electron chi connectivity index (χ1n) is 9.74. The molecule has 3 aromatic rings. The zero-order valence-electron chi connectivity index (χ0n) is 16.8. The summed E-state index contributed by atoms with van der Waals surface area (Å²) in [5.74, 6) is -0.0760. The topological polar surface area (TPSA) is 68.7 Å². The molecule has 0 bridgehead atoms. The van der Waals surface area contributed by atoms with E-state index < -0.39 is 5.97 Å². The summed E-state index contributed by atoms with van der Waals surface area (Å²) in [4.78, 5) is 31.3. The van der Waals surface area contributed by atoms with Crippen molar-refractivity contribution >= 4 is 28.9 Å². The summed E-state index contributed by atoms with van der Waals surface area (Å²) < 4.78 is 10.4. The Kier molecular flexibility index (Phi) is 5.81. The molecular formula is C23H22N2O4S. The van der Waals surface area contributed by atoms with Crippen LogP contribution in [-0.2, 0) is 16.0 Å². The highest BCUT2D eigenvalue weighted by atomic mass is 32.1. The molecule has 0 N–H and O–H groups in total. The van der Waals surface area contributed by atoms with Gasteiger partial charge in [0.25, 0.3) is 5.91 Å². The number of esters is 1. The number of hydrogen-bond donors (Lipinski definition) is 0. The lowest BCUT2D eigenvalue weighted by atomic mass is 9.96. The number of methoxy groups -OCH3 is 1. The van der Waals surface area contributed by atoms with E-state index in [1.54, 1.807) is 17.4 Å². The average molecular weight is 423 g/mol. The summed E-state index contributed by atoms with van der Waals surface area (Å²) in [5.41, 5.74) is 3.12. The van der Waals surface area contributed by atoms with Gasteiger partial charge < -0.3 is 14.4 Å². The van der Waals surface area contributed by atoms with Crippen LogP contribution in [0.25, 0.3) is 10.6 Å². The van der Waals surface area contributed by atoms with Crippen molar-refractivity contribution in [1.82, 2.24) is 4.98 Å². The van der Waals surface area contributed by atoms with Gasteiger partial charge in [-0.15, -0.1) is 11.3 Å². The first-order valence-corrected chi connectivity index (χ1v) is 10.6. The minimum absolute atomic E-state index is 0.0621. The van der Waals surface area contributed by atoms with Crippen LogP contribution in [0.1, 0.15) is 29.4 Å². The van der Waals surface area contributed by atoms with Gasteiger partial charge in [-0.1, -0.05) is 18.2 Å². The summed E-state index contributed by atoms with van der Waals surface area (Å²) in [6.45, 7) is 1.70. The maximum Gasteiger partial charge on any atom is 0.358 e. The van der Waals surface area contributed by atoms with Crippen LogP contribution in [0.4, 0.5) is 5.69 Å². The maximum absolute atomic E-state index is 12.8. The van der Waals surface area contributed by atoms with E-state index in [1.165, 1.54) is 11.3 Å². The number of carbonyl (C=O) groups is 2. The van der Waals surface area contributed by atoms with Crippen LogP contribution in [0.5, 0.6) is 5.75 Å². The zero-order chi connectivity index (χ0) is 21.1. The molecule has 0 saturated carbocycles. The summed E-state index contributed by atoms with van der Waals surface area (Å²) in [5, 5.41) is 2.35. The predicted octanol–water partition coefficient (Wildman–Crippen LogP) is 4.34. The molecule has 6 nitrogen and oxygen atoms in total. The third kappa shape index (κ3) is 4.07. The van der Waals surface area contributed by atoms with Gasteiger partial charge >= 0.3 is 5.97 Å². The van der Waals surface area contributed by atoms with E-state index in [0.29, 0.717) is 5.01 Å². The number of hydrogen-bond acceptors (Lipinski definition) is 6. The molecular weight excluding hydrogens is 400 g/mol. The number of thiazole rings is 1. The Bertz CT molecular complexity index is 1060. The third-order valence-electron chi connectivity index (χ3n) is 5.17. The van der Waals surface area contributed by atoms with Crippen LogP contribution in [0.2, 0.25) is 0 Å². The Balaban J connectivity index is 1.41. The minimum Gasteiger partial charge on any atom is -0.497 e. The quantitative estimate of drug-likeness (QED) is 0.572. The van der Waals surface area contributed by atoms with Crippen LogP contribution in [0.15, 0.2) is 53.9 Å². The minimum atomic E-state index is -0.600. The van der Waals surface area contributed by atoms with E-state index in [1.807, 2.05) is 55.5 Å². The van der Waals surface area contributed by atoms with E-state index >= 15 is 0 Å². The van der Waals surface area contributed by atoms with Crippen molar-refractivity contribution < 1.29 is 19.1 Å². The number of para-hydroxylation sites is 1. The monoisotopic (exact) mass is 422 g/mol. The van der Waals surface area contributed by atoms with E-state index in [2.05, 4.69) is 4.98 Å². The highest BCUT2D eigenvalue weighted by Gasteiger charge is 2.28. The van der Waals surface area contributed by atoms with Gasteiger partial charge in [-0.25, -0.2) is 9.78 Å². The fourth-order valence-electron chi connectivity index (χ4n) is 3.57. The van der Waals surface area contributed by atoms with E-state index in [-0.39, 0.29) is 24.2 Å². The van der Waals surface area contributed by atoms with Gasteiger partial charge in [-0.05, 0) is 55.7 Å². The van der Waals surface area contributed by atoms with Crippen molar-refractivity contribution in [3.05, 3.63) is 65.2 Å². The molecule has 0 saturated heterocycles. The van der Waals surface area contributed by atoms with E-state index in [9.17, 15) is 9.59 Å². The Labute approximate surface area is 179 Å². The number of aromatic nitrogens is 1. The Morgan fingerprint density at radius 3 is 2.70 bits per heavy atom. The molecule has 30 heavy (non-hydrogen) atoms. The molecule has 1 aromatic heterocycles. The fraction of sp³-hybridized carbons (Fsp3) is 0.261. The summed E-state index contributed by atoms with van der Waals surface area (Å²) >= 11 is 1.35. The summed E-state index contributed by atoms with van der Waals surface area (Å²) in [6.07, 6.45) is 1.82. The second-order valence-corrected chi connectivity index (χ2v) is 7.98. The number of carbonyl (C=O) groups excluding carboxylic acids is 2. The average Bonchev–Trinajstić information content (AvgIpc) is 3.27. The smallest absolute Gasteiger partial charge is 0.358 e. The van der Waals surface area contributed by atoms with Gasteiger partial charge in [-0.3, -0.25) is 4.79 Å². The van der Waals surface area contributed by atoms with Crippen molar-refractivity contribution in [3.63, 3.8) is 0 Å². The highest BCUT2D eigenvalue weighted by Crippen LogP contribution is 2.30. The first-order chi connectivity index (χ1) is 14.6. The van der Waals surface area contributed by atoms with Gasteiger partial charge in [0.2, 0.25) is 0 Å². The van der Waals surface area contributed by atoms with E-state index in [4.69, 9.17) is 9.47 Å². The number of rotatable bonds is 5. The second kappa shape index (κ2) is 8.67. The lowest BCUT2D eigenvalue weighted by Crippen LogP contribution is -2.44. The van der Waals surface area contributed by atoms with Crippen molar-refractivity contribution in [2.24, 2.45) is 0 Å². The van der Waals surface area contributed by atoms with Crippen LogP contribution in [-0.4, -0.2) is 36.6 Å². The SMILES string of the molecule is COc1ccc(-c2nc(C(=O)OCC(=O)N3c4ccccc4CCC3C)cs2)cc1. The standard InChI is InChI=1S/C23H22N2O4S/c1-15-7-8-16-5-3-4-6-20(16)25(15)21(26)13-29-23(27)19-14-30-22(24-19)17-9-11-18(28-2)12-10-17/h3-6,9-12,14-15H,7-8,13H2,1-2H3. The number of nitrogens with zero attached hydrogens (tertiary/aromatic N) is 2. The molecule has 154 valence electrons. The van der Waals surface area contributed by atoms with Crippen LogP contribution in [0.3, 0.4) is 0 Å². The lowest BCUT2D eigenvalue weighted by Gasteiger charge is -2.35. The van der Waals surface area contributed by atoms with Crippen molar-refractivity contribution in [2.45, 2.75) is 25.8 Å². The molecule has 7 heteroatoms. The molecule has 0 spiro atoms. The molecule has 0 radical (unpaired) electrons. The molecule has 4 rings (SSSR count). The molecule has 1 atom stereocenters. The Morgan fingerprint density at radius 1 is 1.17 bits per heavy atom. The zero-order valence-corrected chi connectivity index (χ0v) is 17.6. The van der Waals surface area contributed by atoms with Crippen LogP contribution < -0.4 is 9.64 Å². The van der Waals surface area contributed by atoms with Crippen LogP contribution in [0, 0.1) is 0 Å². The molecule has 2 aromatic carbocycles. The number of fused-ring (bicyclic) bond motifs is 1. The molecule has 0 fully saturated rings. The van der Waals surface area contributed by atoms with Gasteiger partial charge in [0, 0.05) is 22.7 Å². The van der Waals surface area contributed by atoms with E-state index in [0.717, 1.165) is 35.4 Å². The lowest BCUT2D eigenvalue weighted by molar-refractivity contribution is -0.122. The Hall–Kier alpha value is -3.19. The normalized spacial score (nSPS) is 15.4. The molecule has 1 unspecified atom stereocenters. The van der Waals surface area contributed by atoms with Crippen LogP contribution >= 0.6 is 11.3 Å². The van der Waals surface area contributed by atoms with Gasteiger partial charge in [0.15, 0.2) is 12.3 Å². The number of benzene rings is 2. The number of aryl methyl sites for hydroxylation is 1. The van der Waals surface area contributed by atoms with Crippen molar-refractivity contribution in [1.29, 1.82) is 0 Å². The van der Waals surface area contributed by atoms with Gasteiger partial charge in [-0.2, -0.15) is 0 Å². The fourth-order valence-corrected chi connectivity index (χ4v) is 4.37. The molecule has 2 heterocycles.